The number of ether oxygens (including phenoxy) is 3. The lowest BCUT2D eigenvalue weighted by Crippen LogP contribution is -2.26. The SMILES string of the molecule is COc1cc(/C=C/C(=O)NCCOc2cc(C)cc(C)c2)ccc1OCc1ccccc1C. The molecule has 1 amide bonds. The van der Waals surface area contributed by atoms with Gasteiger partial charge in [-0.05, 0) is 78.9 Å². The first-order valence-electron chi connectivity index (χ1n) is 11.0. The zero-order chi connectivity index (χ0) is 23.6. The number of rotatable bonds is 10. The molecule has 0 aromatic heterocycles. The van der Waals surface area contributed by atoms with Crippen molar-refractivity contribution in [2.75, 3.05) is 20.3 Å². The molecule has 0 saturated heterocycles. The van der Waals surface area contributed by atoms with E-state index in [1.807, 2.05) is 62.4 Å². The molecule has 1 N–H and O–H groups in total. The van der Waals surface area contributed by atoms with Crippen LogP contribution in [0.5, 0.6) is 17.2 Å². The van der Waals surface area contributed by atoms with Crippen molar-refractivity contribution in [3.8, 4) is 17.2 Å². The highest BCUT2D eigenvalue weighted by Crippen LogP contribution is 2.29. The van der Waals surface area contributed by atoms with Gasteiger partial charge in [0, 0.05) is 6.08 Å². The Bertz CT molecular complexity index is 1100. The van der Waals surface area contributed by atoms with Crippen LogP contribution >= 0.6 is 0 Å². The Morgan fingerprint density at radius 2 is 1.67 bits per heavy atom. The van der Waals surface area contributed by atoms with Gasteiger partial charge >= 0.3 is 0 Å². The van der Waals surface area contributed by atoms with Gasteiger partial charge in [0.15, 0.2) is 11.5 Å². The number of amides is 1. The predicted molar refractivity (Wildman–Crippen MR) is 132 cm³/mol. The van der Waals surface area contributed by atoms with Gasteiger partial charge in [0.05, 0.1) is 13.7 Å². The molecule has 0 bridgehead atoms. The Hall–Kier alpha value is -3.73. The number of aryl methyl sites for hydroxylation is 3. The lowest BCUT2D eigenvalue weighted by molar-refractivity contribution is -0.116. The highest BCUT2D eigenvalue weighted by atomic mass is 16.5. The van der Waals surface area contributed by atoms with E-state index in [1.54, 1.807) is 13.2 Å². The average Bonchev–Trinajstić information content (AvgIpc) is 2.79. The van der Waals surface area contributed by atoms with Gasteiger partial charge in [-0.25, -0.2) is 0 Å². The second kappa shape index (κ2) is 11.8. The molecule has 0 unspecified atom stereocenters. The van der Waals surface area contributed by atoms with Crippen molar-refractivity contribution in [1.82, 2.24) is 5.32 Å². The quantitative estimate of drug-likeness (QED) is 0.335. The van der Waals surface area contributed by atoms with Crippen LogP contribution in [0.3, 0.4) is 0 Å². The maximum absolute atomic E-state index is 12.1. The predicted octanol–water partition coefficient (Wildman–Crippen LogP) is 5.41. The number of nitrogens with one attached hydrogen (secondary N) is 1. The standard InChI is InChI=1S/C28H31NO4/c1-20-15-21(2)17-25(16-20)32-14-13-29-28(30)12-10-23-9-11-26(27(18-23)31-4)33-19-24-8-6-5-7-22(24)3/h5-12,15-18H,13-14,19H2,1-4H3,(H,29,30)/b12-10+. The normalized spacial score (nSPS) is 10.8. The Balaban J connectivity index is 1.49. The summed E-state index contributed by atoms with van der Waals surface area (Å²) in [5.74, 6) is 1.91. The van der Waals surface area contributed by atoms with E-state index in [-0.39, 0.29) is 5.91 Å². The van der Waals surface area contributed by atoms with Crippen LogP contribution in [0.15, 0.2) is 66.7 Å². The number of hydrogen-bond donors (Lipinski definition) is 1. The van der Waals surface area contributed by atoms with Gasteiger partial charge in [0.1, 0.15) is 19.0 Å². The topological polar surface area (TPSA) is 56.8 Å². The largest absolute Gasteiger partial charge is 0.493 e. The van der Waals surface area contributed by atoms with Crippen molar-refractivity contribution < 1.29 is 19.0 Å². The molecule has 5 nitrogen and oxygen atoms in total. The van der Waals surface area contributed by atoms with Crippen LogP contribution in [0.2, 0.25) is 0 Å². The van der Waals surface area contributed by atoms with E-state index in [9.17, 15) is 4.79 Å². The van der Waals surface area contributed by atoms with Crippen LogP contribution in [-0.4, -0.2) is 26.2 Å². The molecule has 0 heterocycles. The van der Waals surface area contributed by atoms with Gasteiger partial charge in [0.2, 0.25) is 5.91 Å². The van der Waals surface area contributed by atoms with Crippen molar-refractivity contribution in [3.05, 3.63) is 94.6 Å². The summed E-state index contributed by atoms with van der Waals surface area (Å²) in [4.78, 5) is 12.1. The molecule has 0 spiro atoms. The number of carbonyl (C=O) groups excluding carboxylic acids is 1. The third-order valence-corrected chi connectivity index (χ3v) is 5.12. The molecule has 3 aromatic carbocycles. The summed E-state index contributed by atoms with van der Waals surface area (Å²) in [7, 11) is 1.60. The van der Waals surface area contributed by atoms with E-state index < -0.39 is 0 Å². The molecule has 0 aliphatic rings. The molecule has 0 fully saturated rings. The van der Waals surface area contributed by atoms with E-state index in [1.165, 1.54) is 11.6 Å². The van der Waals surface area contributed by atoms with E-state index in [4.69, 9.17) is 14.2 Å². The molecule has 3 aromatic rings. The van der Waals surface area contributed by atoms with Crippen molar-refractivity contribution in [2.45, 2.75) is 27.4 Å². The summed E-state index contributed by atoms with van der Waals surface area (Å²) in [5.41, 5.74) is 5.46. The van der Waals surface area contributed by atoms with Crippen molar-refractivity contribution >= 4 is 12.0 Å². The fourth-order valence-corrected chi connectivity index (χ4v) is 3.42. The first-order chi connectivity index (χ1) is 15.9. The summed E-state index contributed by atoms with van der Waals surface area (Å²) < 4.78 is 17.1. The molecule has 5 heteroatoms. The highest BCUT2D eigenvalue weighted by molar-refractivity contribution is 5.91. The van der Waals surface area contributed by atoms with Gasteiger partial charge in [0.25, 0.3) is 0 Å². The van der Waals surface area contributed by atoms with E-state index in [2.05, 4.69) is 24.4 Å². The van der Waals surface area contributed by atoms with E-state index in [0.717, 1.165) is 28.0 Å². The number of methoxy groups -OCH3 is 1. The van der Waals surface area contributed by atoms with E-state index >= 15 is 0 Å². The van der Waals surface area contributed by atoms with Gasteiger partial charge in [-0.1, -0.05) is 36.4 Å². The molecule has 0 atom stereocenters. The highest BCUT2D eigenvalue weighted by Gasteiger charge is 2.07. The zero-order valence-electron chi connectivity index (χ0n) is 19.7. The Kier molecular flexibility index (Phi) is 8.53. The minimum absolute atomic E-state index is 0.183. The minimum Gasteiger partial charge on any atom is -0.493 e. The zero-order valence-corrected chi connectivity index (χ0v) is 19.7. The number of hydrogen-bond acceptors (Lipinski definition) is 4. The summed E-state index contributed by atoms with van der Waals surface area (Å²) >= 11 is 0. The maximum atomic E-state index is 12.1. The van der Waals surface area contributed by atoms with Crippen molar-refractivity contribution in [2.24, 2.45) is 0 Å². The van der Waals surface area contributed by atoms with Crippen LogP contribution in [-0.2, 0) is 11.4 Å². The number of carbonyl (C=O) groups is 1. The Morgan fingerprint density at radius 3 is 2.39 bits per heavy atom. The van der Waals surface area contributed by atoms with Gasteiger partial charge < -0.3 is 19.5 Å². The Morgan fingerprint density at radius 1 is 0.909 bits per heavy atom. The van der Waals surface area contributed by atoms with E-state index in [0.29, 0.717) is 31.3 Å². The molecular formula is C28H31NO4. The summed E-state index contributed by atoms with van der Waals surface area (Å²) in [6.45, 7) is 7.42. The smallest absolute Gasteiger partial charge is 0.244 e. The molecule has 3 rings (SSSR count). The van der Waals surface area contributed by atoms with Crippen molar-refractivity contribution in [3.63, 3.8) is 0 Å². The number of benzene rings is 3. The van der Waals surface area contributed by atoms with Gasteiger partial charge in [-0.3, -0.25) is 4.79 Å². The molecule has 0 radical (unpaired) electrons. The third kappa shape index (κ3) is 7.42. The average molecular weight is 446 g/mol. The van der Waals surface area contributed by atoms with Gasteiger partial charge in [-0.2, -0.15) is 0 Å². The van der Waals surface area contributed by atoms with Crippen LogP contribution in [0.25, 0.3) is 6.08 Å². The molecule has 0 aliphatic heterocycles. The van der Waals surface area contributed by atoms with Crippen LogP contribution in [0.1, 0.15) is 27.8 Å². The Labute approximate surface area is 196 Å². The van der Waals surface area contributed by atoms with Crippen LogP contribution < -0.4 is 19.5 Å². The first kappa shape index (κ1) is 23.9. The second-order valence-corrected chi connectivity index (χ2v) is 7.92. The lowest BCUT2D eigenvalue weighted by atomic mass is 10.1. The third-order valence-electron chi connectivity index (χ3n) is 5.12. The summed E-state index contributed by atoms with van der Waals surface area (Å²) in [6, 6.07) is 19.8. The minimum atomic E-state index is -0.183. The molecule has 0 saturated carbocycles. The van der Waals surface area contributed by atoms with Crippen LogP contribution in [0.4, 0.5) is 0 Å². The first-order valence-corrected chi connectivity index (χ1v) is 11.0. The van der Waals surface area contributed by atoms with Gasteiger partial charge in [-0.15, -0.1) is 0 Å². The molecule has 33 heavy (non-hydrogen) atoms. The fraction of sp³-hybridized carbons (Fsp3) is 0.250. The molecular weight excluding hydrogens is 414 g/mol. The lowest BCUT2D eigenvalue weighted by Gasteiger charge is -2.12. The molecule has 0 aliphatic carbocycles. The summed E-state index contributed by atoms with van der Waals surface area (Å²) in [6.07, 6.45) is 3.24. The molecule has 172 valence electrons. The van der Waals surface area contributed by atoms with Crippen LogP contribution in [0, 0.1) is 20.8 Å². The summed E-state index contributed by atoms with van der Waals surface area (Å²) in [5, 5.41) is 2.83. The fourth-order valence-electron chi connectivity index (χ4n) is 3.42. The van der Waals surface area contributed by atoms with Crippen molar-refractivity contribution in [1.29, 1.82) is 0 Å². The monoisotopic (exact) mass is 445 g/mol. The maximum Gasteiger partial charge on any atom is 0.244 e. The second-order valence-electron chi connectivity index (χ2n) is 7.92.